The lowest BCUT2D eigenvalue weighted by Gasteiger charge is -2.30. The normalized spacial score (nSPS) is 24.3. The molecule has 2 unspecified atom stereocenters. The first-order valence-corrected chi connectivity index (χ1v) is 6.56. The van der Waals surface area contributed by atoms with Crippen LogP contribution in [-0.4, -0.2) is 24.2 Å². The number of nitrogens with one attached hydrogen (secondary N) is 1. The Hall–Kier alpha value is -1.55. The molecule has 0 radical (unpaired) electrons. The highest BCUT2D eigenvalue weighted by Gasteiger charge is 2.26. The molecule has 0 bridgehead atoms. The smallest absolute Gasteiger partial charge is 0.394 e. The van der Waals surface area contributed by atoms with Gasteiger partial charge in [0.1, 0.15) is 11.6 Å². The van der Waals surface area contributed by atoms with Crippen LogP contribution in [0.3, 0.4) is 0 Å². The van der Waals surface area contributed by atoms with Crippen LogP contribution in [0.25, 0.3) is 11.1 Å². The summed E-state index contributed by atoms with van der Waals surface area (Å²) in [4.78, 5) is 4.36. The number of oxazole rings is 1. The molecule has 1 fully saturated rings. The van der Waals surface area contributed by atoms with Gasteiger partial charge in [-0.05, 0) is 38.4 Å². The Morgan fingerprint density at radius 3 is 2.94 bits per heavy atom. The quantitative estimate of drug-likeness (QED) is 0.904. The van der Waals surface area contributed by atoms with Crippen molar-refractivity contribution in [2.45, 2.75) is 37.8 Å². The summed E-state index contributed by atoms with van der Waals surface area (Å²) in [7, 11) is 1.98. The molecule has 0 spiro atoms. The molecule has 1 aliphatic carbocycles. The molecule has 4 heteroatoms. The molecule has 4 nitrogen and oxygen atoms in total. The van der Waals surface area contributed by atoms with E-state index >= 15 is 0 Å². The first-order valence-electron chi connectivity index (χ1n) is 6.56. The summed E-state index contributed by atoms with van der Waals surface area (Å²) < 4.78 is 11.5. The highest BCUT2D eigenvalue weighted by Crippen LogP contribution is 2.26. The lowest BCUT2D eigenvalue weighted by molar-refractivity contribution is 0.0862. The number of hydrogen-bond acceptors (Lipinski definition) is 4. The Morgan fingerprint density at radius 2 is 2.11 bits per heavy atom. The average Bonchev–Trinajstić information content (AvgIpc) is 2.81. The third-order valence-electron chi connectivity index (χ3n) is 3.60. The third kappa shape index (κ3) is 2.20. The zero-order chi connectivity index (χ0) is 12.4. The van der Waals surface area contributed by atoms with Crippen molar-refractivity contribution in [1.82, 2.24) is 10.3 Å². The fourth-order valence-electron chi connectivity index (χ4n) is 2.60. The van der Waals surface area contributed by atoms with Gasteiger partial charge in [-0.1, -0.05) is 18.6 Å². The molecule has 1 aliphatic rings. The minimum absolute atomic E-state index is 0.164. The van der Waals surface area contributed by atoms with Gasteiger partial charge in [-0.25, -0.2) is 0 Å². The number of fused-ring (bicyclic) bond motifs is 1. The van der Waals surface area contributed by atoms with Crippen molar-refractivity contribution in [3.05, 3.63) is 24.3 Å². The van der Waals surface area contributed by atoms with E-state index in [9.17, 15) is 0 Å². The first-order chi connectivity index (χ1) is 8.86. The molecule has 3 rings (SSSR count). The number of nitrogens with zero attached hydrogens (tertiary/aromatic N) is 1. The van der Waals surface area contributed by atoms with Crippen LogP contribution in [0.2, 0.25) is 0 Å². The van der Waals surface area contributed by atoms with E-state index in [4.69, 9.17) is 9.15 Å². The molecule has 1 saturated carbocycles. The van der Waals surface area contributed by atoms with Crippen molar-refractivity contribution in [2.24, 2.45) is 0 Å². The standard InChI is InChI=1S/C14H18N2O2/c1-15-10-6-2-4-8-12(10)17-14-16-11-7-3-5-9-13(11)18-14/h3,5,7,9-10,12,15H,2,4,6,8H2,1H3. The molecule has 96 valence electrons. The van der Waals surface area contributed by atoms with Crippen LogP contribution in [0.1, 0.15) is 25.7 Å². The van der Waals surface area contributed by atoms with E-state index in [1.165, 1.54) is 12.8 Å². The van der Waals surface area contributed by atoms with Gasteiger partial charge < -0.3 is 14.5 Å². The van der Waals surface area contributed by atoms with E-state index in [0.29, 0.717) is 12.1 Å². The molecule has 1 N–H and O–H groups in total. The van der Waals surface area contributed by atoms with Gasteiger partial charge in [-0.15, -0.1) is 0 Å². The summed E-state index contributed by atoms with van der Waals surface area (Å²) in [6, 6.07) is 8.13. The van der Waals surface area contributed by atoms with E-state index in [0.717, 1.165) is 23.9 Å². The molecule has 2 atom stereocenters. The molecule has 1 heterocycles. The van der Waals surface area contributed by atoms with Crippen LogP contribution in [0, 0.1) is 0 Å². The molecular formula is C14H18N2O2. The van der Waals surface area contributed by atoms with Gasteiger partial charge in [-0.2, -0.15) is 4.98 Å². The number of ether oxygens (including phenoxy) is 1. The van der Waals surface area contributed by atoms with Crippen LogP contribution in [0.4, 0.5) is 0 Å². The first kappa shape index (κ1) is 11.5. The Kier molecular flexibility index (Phi) is 3.19. The van der Waals surface area contributed by atoms with E-state index in [1.54, 1.807) is 0 Å². The highest BCUT2D eigenvalue weighted by molar-refractivity contribution is 5.72. The largest absolute Gasteiger partial charge is 0.445 e. The zero-order valence-corrected chi connectivity index (χ0v) is 10.6. The molecular weight excluding hydrogens is 228 g/mol. The Labute approximate surface area is 106 Å². The second-order valence-corrected chi connectivity index (χ2v) is 4.78. The fourth-order valence-corrected chi connectivity index (χ4v) is 2.60. The molecule has 2 aromatic rings. The lowest BCUT2D eigenvalue weighted by atomic mass is 9.93. The number of benzene rings is 1. The maximum atomic E-state index is 5.90. The summed E-state index contributed by atoms with van der Waals surface area (Å²) in [5, 5.41) is 3.31. The number of likely N-dealkylation sites (N-methyl/N-ethyl adjacent to an activating group) is 1. The number of rotatable bonds is 3. The molecule has 1 aromatic heterocycles. The van der Waals surface area contributed by atoms with Crippen molar-refractivity contribution in [3.8, 4) is 6.08 Å². The lowest BCUT2D eigenvalue weighted by Crippen LogP contribution is -2.43. The summed E-state index contributed by atoms with van der Waals surface area (Å²) in [5.74, 6) is 0. The van der Waals surface area contributed by atoms with E-state index in [2.05, 4.69) is 10.3 Å². The molecule has 0 amide bonds. The van der Waals surface area contributed by atoms with Crippen LogP contribution < -0.4 is 10.1 Å². The van der Waals surface area contributed by atoms with E-state index < -0.39 is 0 Å². The number of hydrogen-bond donors (Lipinski definition) is 1. The van der Waals surface area contributed by atoms with Crippen molar-refractivity contribution >= 4 is 11.1 Å². The topological polar surface area (TPSA) is 47.3 Å². The summed E-state index contributed by atoms with van der Waals surface area (Å²) in [6.07, 6.45) is 5.24. The molecule has 18 heavy (non-hydrogen) atoms. The minimum Gasteiger partial charge on any atom is -0.445 e. The predicted octanol–water partition coefficient (Wildman–Crippen LogP) is 2.74. The second-order valence-electron chi connectivity index (χ2n) is 4.78. The predicted molar refractivity (Wildman–Crippen MR) is 69.7 cm³/mol. The van der Waals surface area contributed by atoms with Crippen molar-refractivity contribution in [3.63, 3.8) is 0 Å². The molecule has 0 aliphatic heterocycles. The van der Waals surface area contributed by atoms with Gasteiger partial charge in [0.2, 0.25) is 0 Å². The van der Waals surface area contributed by atoms with Crippen molar-refractivity contribution in [1.29, 1.82) is 0 Å². The summed E-state index contributed by atoms with van der Waals surface area (Å²) >= 11 is 0. The second kappa shape index (κ2) is 4.98. The van der Waals surface area contributed by atoms with Gasteiger partial charge in [0, 0.05) is 6.04 Å². The van der Waals surface area contributed by atoms with E-state index in [1.807, 2.05) is 31.3 Å². The van der Waals surface area contributed by atoms with Gasteiger partial charge in [-0.3, -0.25) is 0 Å². The van der Waals surface area contributed by atoms with E-state index in [-0.39, 0.29) is 6.10 Å². The van der Waals surface area contributed by atoms with Crippen LogP contribution in [0.5, 0.6) is 6.08 Å². The average molecular weight is 246 g/mol. The van der Waals surface area contributed by atoms with Crippen LogP contribution >= 0.6 is 0 Å². The fraction of sp³-hybridized carbons (Fsp3) is 0.500. The van der Waals surface area contributed by atoms with Gasteiger partial charge in [0.15, 0.2) is 5.58 Å². The van der Waals surface area contributed by atoms with Crippen LogP contribution in [0.15, 0.2) is 28.7 Å². The summed E-state index contributed by atoms with van der Waals surface area (Å²) in [6.45, 7) is 0. The van der Waals surface area contributed by atoms with Gasteiger partial charge in [0.25, 0.3) is 0 Å². The Bertz CT molecular complexity index is 490. The Balaban J connectivity index is 1.78. The number of aromatic nitrogens is 1. The van der Waals surface area contributed by atoms with Crippen LogP contribution in [-0.2, 0) is 0 Å². The third-order valence-corrected chi connectivity index (χ3v) is 3.60. The van der Waals surface area contributed by atoms with Crippen molar-refractivity contribution in [2.75, 3.05) is 7.05 Å². The molecule has 0 saturated heterocycles. The maximum Gasteiger partial charge on any atom is 0.394 e. The molecule has 1 aromatic carbocycles. The van der Waals surface area contributed by atoms with Crippen molar-refractivity contribution < 1.29 is 9.15 Å². The SMILES string of the molecule is CNC1CCCCC1Oc1nc2ccccc2o1. The maximum absolute atomic E-state index is 5.90. The monoisotopic (exact) mass is 246 g/mol. The van der Waals surface area contributed by atoms with Gasteiger partial charge >= 0.3 is 6.08 Å². The Morgan fingerprint density at radius 1 is 1.28 bits per heavy atom. The van der Waals surface area contributed by atoms with Gasteiger partial charge in [0.05, 0.1) is 0 Å². The highest BCUT2D eigenvalue weighted by atomic mass is 16.6. The zero-order valence-electron chi connectivity index (χ0n) is 10.6. The minimum atomic E-state index is 0.164. The summed E-state index contributed by atoms with van der Waals surface area (Å²) in [5.41, 5.74) is 1.63. The number of para-hydroxylation sites is 2.